The summed E-state index contributed by atoms with van der Waals surface area (Å²) in [4.78, 5) is 13.2. The monoisotopic (exact) mass is 452 g/mol. The Hall–Kier alpha value is -2.21. The lowest BCUT2D eigenvalue weighted by Gasteiger charge is -2.27. The first-order valence-electron chi connectivity index (χ1n) is 12.5. The molecule has 1 aliphatic carbocycles. The van der Waals surface area contributed by atoms with Crippen LogP contribution in [0.1, 0.15) is 73.0 Å². The Bertz CT molecular complexity index is 821. The van der Waals surface area contributed by atoms with Gasteiger partial charge in [0.1, 0.15) is 6.10 Å². The van der Waals surface area contributed by atoms with Crippen molar-refractivity contribution in [1.82, 2.24) is 10.6 Å². The fourth-order valence-electron chi connectivity index (χ4n) is 4.76. The van der Waals surface area contributed by atoms with Crippen molar-refractivity contribution in [3.8, 4) is 0 Å². The highest BCUT2D eigenvalue weighted by molar-refractivity contribution is 5.94. The van der Waals surface area contributed by atoms with E-state index in [2.05, 4.69) is 22.8 Å². The van der Waals surface area contributed by atoms with Crippen LogP contribution >= 0.6 is 0 Å². The summed E-state index contributed by atoms with van der Waals surface area (Å²) in [5.41, 5.74) is 2.71. The number of carbonyl (C=O) groups is 1. The number of carbonyl (C=O) groups excluding carboxylic acids is 1. The normalized spacial score (nSPS) is 16.3. The van der Waals surface area contributed by atoms with Crippen molar-refractivity contribution in [3.63, 3.8) is 0 Å². The zero-order chi connectivity index (χ0) is 23.3. The summed E-state index contributed by atoms with van der Waals surface area (Å²) in [5, 5.41) is 6.54. The van der Waals surface area contributed by atoms with E-state index in [1.807, 2.05) is 56.4 Å². The Morgan fingerprint density at radius 2 is 1.76 bits per heavy atom. The molecule has 2 N–H and O–H groups in total. The van der Waals surface area contributed by atoms with Crippen LogP contribution in [0, 0.1) is 5.92 Å². The summed E-state index contributed by atoms with van der Waals surface area (Å²) in [7, 11) is 1.95. The first kappa shape index (κ1) is 25.4. The molecule has 33 heavy (non-hydrogen) atoms. The van der Waals surface area contributed by atoms with Gasteiger partial charge in [0.15, 0.2) is 0 Å². The molecule has 0 aromatic heterocycles. The maximum atomic E-state index is 13.2. The highest BCUT2D eigenvalue weighted by Crippen LogP contribution is 2.28. The maximum absolute atomic E-state index is 13.2. The molecule has 2 atom stereocenters. The Labute approximate surface area is 199 Å². The molecule has 5 nitrogen and oxygen atoms in total. The average molecular weight is 453 g/mol. The first-order valence-corrected chi connectivity index (χ1v) is 12.5. The molecular weight excluding hydrogens is 412 g/mol. The number of amides is 1. The summed E-state index contributed by atoms with van der Waals surface area (Å²) in [6.07, 6.45) is 7.34. The van der Waals surface area contributed by atoms with E-state index >= 15 is 0 Å². The van der Waals surface area contributed by atoms with Gasteiger partial charge >= 0.3 is 0 Å². The SMILES string of the molecule is CCOCCOC(c1ccccc1)c1cccc(C(=O)N[C@H](CNC)CC2CCCCC2)c1. The largest absolute Gasteiger partial charge is 0.379 e. The summed E-state index contributed by atoms with van der Waals surface area (Å²) < 4.78 is 11.7. The third-order valence-corrected chi connectivity index (χ3v) is 6.40. The van der Waals surface area contributed by atoms with Gasteiger partial charge in [0.25, 0.3) is 5.91 Å². The van der Waals surface area contributed by atoms with E-state index in [1.54, 1.807) is 0 Å². The lowest BCUT2D eigenvalue weighted by Crippen LogP contribution is -2.42. The smallest absolute Gasteiger partial charge is 0.251 e. The Balaban J connectivity index is 1.71. The molecule has 1 amide bonds. The van der Waals surface area contributed by atoms with Crippen LogP contribution in [0.25, 0.3) is 0 Å². The van der Waals surface area contributed by atoms with Gasteiger partial charge < -0.3 is 20.1 Å². The Morgan fingerprint density at radius 1 is 1.00 bits per heavy atom. The van der Waals surface area contributed by atoms with Crippen molar-refractivity contribution in [3.05, 3.63) is 71.3 Å². The molecule has 1 saturated carbocycles. The second-order valence-electron chi connectivity index (χ2n) is 8.95. The number of likely N-dealkylation sites (N-methyl/N-ethyl adjacent to an activating group) is 1. The van der Waals surface area contributed by atoms with Crippen molar-refractivity contribution >= 4 is 5.91 Å². The Morgan fingerprint density at radius 3 is 2.48 bits per heavy atom. The van der Waals surface area contributed by atoms with E-state index in [1.165, 1.54) is 32.1 Å². The highest BCUT2D eigenvalue weighted by Gasteiger charge is 2.22. The number of rotatable bonds is 13. The zero-order valence-electron chi connectivity index (χ0n) is 20.2. The molecule has 0 saturated heterocycles. The minimum atomic E-state index is -0.241. The van der Waals surface area contributed by atoms with Crippen LogP contribution in [0.4, 0.5) is 0 Å². The van der Waals surface area contributed by atoms with Crippen LogP contribution in [0.2, 0.25) is 0 Å². The third-order valence-electron chi connectivity index (χ3n) is 6.40. The molecular formula is C28H40N2O3. The molecule has 3 rings (SSSR count). The number of hydrogen-bond donors (Lipinski definition) is 2. The van der Waals surface area contributed by atoms with Crippen molar-refractivity contribution in [2.75, 3.05) is 33.4 Å². The number of benzene rings is 2. The topological polar surface area (TPSA) is 59.6 Å². The van der Waals surface area contributed by atoms with Crippen LogP contribution in [0.15, 0.2) is 54.6 Å². The van der Waals surface area contributed by atoms with Crippen LogP contribution < -0.4 is 10.6 Å². The van der Waals surface area contributed by atoms with Gasteiger partial charge in [0.2, 0.25) is 0 Å². The summed E-state index contributed by atoms with van der Waals surface area (Å²) in [6.45, 7) is 4.48. The quantitative estimate of drug-likeness (QED) is 0.414. The van der Waals surface area contributed by atoms with Crippen LogP contribution in [-0.2, 0) is 9.47 Å². The first-order chi connectivity index (χ1) is 16.2. The zero-order valence-corrected chi connectivity index (χ0v) is 20.2. The standard InChI is InChI=1S/C28H40N2O3/c1-3-32-17-18-33-27(23-13-8-5-9-14-23)24-15-10-16-25(20-24)28(31)30-26(21-29-2)19-22-11-6-4-7-12-22/h5,8-10,13-16,20,22,26-27,29H,3-4,6-7,11-12,17-19,21H2,1-2H3,(H,30,31)/t26-,27?/m0/s1. The summed E-state index contributed by atoms with van der Waals surface area (Å²) in [6, 6.07) is 18.1. The molecule has 0 aliphatic heterocycles. The second-order valence-corrected chi connectivity index (χ2v) is 8.95. The van der Waals surface area contributed by atoms with Gasteiger partial charge in [-0.1, -0.05) is 74.6 Å². The molecule has 0 spiro atoms. The Kier molecular flexibility index (Phi) is 10.9. The minimum Gasteiger partial charge on any atom is -0.379 e. The number of hydrogen-bond acceptors (Lipinski definition) is 4. The minimum absolute atomic E-state index is 0.0194. The third kappa shape index (κ3) is 8.26. The fourth-order valence-corrected chi connectivity index (χ4v) is 4.76. The molecule has 0 radical (unpaired) electrons. The van der Waals surface area contributed by atoms with E-state index in [4.69, 9.17) is 9.47 Å². The average Bonchev–Trinajstić information content (AvgIpc) is 2.85. The van der Waals surface area contributed by atoms with Crippen LogP contribution in [0.3, 0.4) is 0 Å². The van der Waals surface area contributed by atoms with E-state index in [9.17, 15) is 4.79 Å². The number of nitrogens with one attached hydrogen (secondary N) is 2. The van der Waals surface area contributed by atoms with Gasteiger partial charge in [-0.3, -0.25) is 4.79 Å². The molecule has 0 bridgehead atoms. The molecule has 1 fully saturated rings. The van der Waals surface area contributed by atoms with Gasteiger partial charge in [0.05, 0.1) is 13.2 Å². The van der Waals surface area contributed by atoms with Gasteiger partial charge in [-0.2, -0.15) is 0 Å². The van der Waals surface area contributed by atoms with E-state index in [-0.39, 0.29) is 18.1 Å². The van der Waals surface area contributed by atoms with Crippen molar-refractivity contribution in [2.24, 2.45) is 5.92 Å². The molecule has 1 aliphatic rings. The van der Waals surface area contributed by atoms with E-state index < -0.39 is 0 Å². The second kappa shape index (κ2) is 14.1. The van der Waals surface area contributed by atoms with Gasteiger partial charge in [0, 0.05) is 24.8 Å². The van der Waals surface area contributed by atoms with Gasteiger partial charge in [-0.15, -0.1) is 0 Å². The van der Waals surface area contributed by atoms with Crippen LogP contribution in [0.5, 0.6) is 0 Å². The molecule has 180 valence electrons. The highest BCUT2D eigenvalue weighted by atomic mass is 16.5. The van der Waals surface area contributed by atoms with E-state index in [0.29, 0.717) is 31.3 Å². The predicted octanol–water partition coefficient (Wildman–Crippen LogP) is 5.12. The van der Waals surface area contributed by atoms with Crippen molar-refractivity contribution in [2.45, 2.75) is 57.6 Å². The maximum Gasteiger partial charge on any atom is 0.251 e. The van der Waals surface area contributed by atoms with Gasteiger partial charge in [-0.25, -0.2) is 0 Å². The molecule has 0 heterocycles. The summed E-state index contributed by atoms with van der Waals surface area (Å²) in [5.74, 6) is 0.693. The van der Waals surface area contributed by atoms with Crippen LogP contribution in [-0.4, -0.2) is 45.4 Å². The van der Waals surface area contributed by atoms with E-state index in [0.717, 1.165) is 24.1 Å². The lowest BCUT2D eigenvalue weighted by molar-refractivity contribution is 0.0233. The number of ether oxygens (including phenoxy) is 2. The molecule has 5 heteroatoms. The molecule has 2 aromatic rings. The van der Waals surface area contributed by atoms with Crippen molar-refractivity contribution in [1.29, 1.82) is 0 Å². The molecule has 2 aromatic carbocycles. The summed E-state index contributed by atoms with van der Waals surface area (Å²) >= 11 is 0. The van der Waals surface area contributed by atoms with Crippen molar-refractivity contribution < 1.29 is 14.3 Å². The predicted molar refractivity (Wildman–Crippen MR) is 134 cm³/mol. The molecule has 1 unspecified atom stereocenters. The fraction of sp³-hybridized carbons (Fsp3) is 0.536. The lowest BCUT2D eigenvalue weighted by atomic mass is 9.84. The van der Waals surface area contributed by atoms with Gasteiger partial charge in [-0.05, 0) is 49.6 Å².